The molecule has 0 N–H and O–H groups in total. The molecular formula is C16H24N2. The van der Waals surface area contributed by atoms with Gasteiger partial charge < -0.3 is 9.80 Å². The number of hydrogen-bond acceptors (Lipinski definition) is 2. The zero-order valence-corrected chi connectivity index (χ0v) is 11.4. The van der Waals surface area contributed by atoms with Crippen LogP contribution in [0.25, 0.3) is 0 Å². The highest BCUT2D eigenvalue weighted by atomic mass is 15.2. The summed E-state index contributed by atoms with van der Waals surface area (Å²) < 4.78 is 0. The van der Waals surface area contributed by atoms with Gasteiger partial charge in [-0.3, -0.25) is 0 Å². The molecular weight excluding hydrogens is 220 g/mol. The third-order valence-corrected chi connectivity index (χ3v) is 4.44. The number of anilines is 1. The van der Waals surface area contributed by atoms with Gasteiger partial charge in [0.15, 0.2) is 0 Å². The van der Waals surface area contributed by atoms with E-state index in [1.54, 1.807) is 0 Å². The van der Waals surface area contributed by atoms with Crippen molar-refractivity contribution in [2.75, 3.05) is 37.6 Å². The van der Waals surface area contributed by atoms with Gasteiger partial charge in [-0.25, -0.2) is 0 Å². The fraction of sp³-hybridized carbons (Fsp3) is 0.625. The van der Waals surface area contributed by atoms with Crippen LogP contribution in [0.15, 0.2) is 24.3 Å². The van der Waals surface area contributed by atoms with Crippen LogP contribution in [0.3, 0.4) is 0 Å². The van der Waals surface area contributed by atoms with E-state index in [1.165, 1.54) is 63.2 Å². The first-order chi connectivity index (χ1) is 8.84. The maximum Gasteiger partial charge on any atom is 0.0402 e. The Morgan fingerprint density at radius 2 is 1.83 bits per heavy atom. The normalized spacial score (nSPS) is 24.3. The van der Waals surface area contributed by atoms with Gasteiger partial charge in [0.05, 0.1) is 0 Å². The van der Waals surface area contributed by atoms with E-state index in [0.29, 0.717) is 5.92 Å². The van der Waals surface area contributed by atoms with Crippen LogP contribution in [0.4, 0.5) is 5.69 Å². The van der Waals surface area contributed by atoms with Crippen LogP contribution in [0.2, 0.25) is 0 Å². The molecule has 0 bridgehead atoms. The van der Waals surface area contributed by atoms with Crippen LogP contribution in [0.1, 0.15) is 37.7 Å². The summed E-state index contributed by atoms with van der Waals surface area (Å²) >= 11 is 0. The van der Waals surface area contributed by atoms with Crippen LogP contribution in [0.5, 0.6) is 0 Å². The quantitative estimate of drug-likeness (QED) is 0.806. The Balaban J connectivity index is 1.61. The summed E-state index contributed by atoms with van der Waals surface area (Å²) in [6.45, 7) is 8.60. The largest absolute Gasteiger partial charge is 0.369 e. The van der Waals surface area contributed by atoms with Crippen LogP contribution in [-0.2, 0) is 0 Å². The number of fused-ring (bicyclic) bond motifs is 1. The Hall–Kier alpha value is -1.02. The van der Waals surface area contributed by atoms with Gasteiger partial charge in [-0.15, -0.1) is 0 Å². The minimum atomic E-state index is 0.697. The van der Waals surface area contributed by atoms with Gasteiger partial charge in [0, 0.05) is 31.2 Å². The van der Waals surface area contributed by atoms with Crippen molar-refractivity contribution < 1.29 is 0 Å². The summed E-state index contributed by atoms with van der Waals surface area (Å²) in [5.41, 5.74) is 3.01. The van der Waals surface area contributed by atoms with E-state index in [1.807, 2.05) is 0 Å². The SMILES string of the molecule is CC1CN(CCN2CCCCC2)c2ccccc21. The van der Waals surface area contributed by atoms with Crippen LogP contribution < -0.4 is 4.90 Å². The highest BCUT2D eigenvalue weighted by molar-refractivity contribution is 5.59. The maximum absolute atomic E-state index is 2.63. The molecule has 98 valence electrons. The zero-order chi connectivity index (χ0) is 12.4. The lowest BCUT2D eigenvalue weighted by molar-refractivity contribution is 0.233. The third-order valence-electron chi connectivity index (χ3n) is 4.44. The van der Waals surface area contributed by atoms with E-state index >= 15 is 0 Å². The van der Waals surface area contributed by atoms with Crippen molar-refractivity contribution >= 4 is 5.69 Å². The Morgan fingerprint density at radius 3 is 2.67 bits per heavy atom. The molecule has 1 aromatic carbocycles. The molecule has 0 aliphatic carbocycles. The number of rotatable bonds is 3. The first kappa shape index (κ1) is 12.0. The van der Waals surface area contributed by atoms with Crippen molar-refractivity contribution in [3.05, 3.63) is 29.8 Å². The Labute approximate surface area is 111 Å². The van der Waals surface area contributed by atoms with Gasteiger partial charge >= 0.3 is 0 Å². The molecule has 1 fully saturated rings. The molecule has 0 radical (unpaired) electrons. The standard InChI is InChI=1S/C16H24N2/c1-14-13-18(16-8-4-3-7-15(14)16)12-11-17-9-5-2-6-10-17/h3-4,7-8,14H,2,5-6,9-13H2,1H3. The number of para-hydroxylation sites is 1. The number of hydrogen-bond donors (Lipinski definition) is 0. The van der Waals surface area contributed by atoms with E-state index in [4.69, 9.17) is 0 Å². The van der Waals surface area contributed by atoms with Crippen LogP contribution >= 0.6 is 0 Å². The van der Waals surface area contributed by atoms with Crippen LogP contribution in [0, 0.1) is 0 Å². The molecule has 18 heavy (non-hydrogen) atoms. The second-order valence-electron chi connectivity index (χ2n) is 5.81. The molecule has 1 atom stereocenters. The summed E-state index contributed by atoms with van der Waals surface area (Å²) in [6, 6.07) is 8.92. The number of benzene rings is 1. The van der Waals surface area contributed by atoms with Gasteiger partial charge in [-0.05, 0) is 37.6 Å². The molecule has 1 saturated heterocycles. The molecule has 3 rings (SSSR count). The van der Waals surface area contributed by atoms with E-state index in [9.17, 15) is 0 Å². The first-order valence-corrected chi connectivity index (χ1v) is 7.41. The fourth-order valence-corrected chi connectivity index (χ4v) is 3.38. The molecule has 2 heteroatoms. The summed E-state index contributed by atoms with van der Waals surface area (Å²) in [5, 5.41) is 0. The molecule has 0 amide bonds. The van der Waals surface area contributed by atoms with Crippen molar-refractivity contribution in [2.45, 2.75) is 32.1 Å². The second kappa shape index (κ2) is 5.31. The van der Waals surface area contributed by atoms with Gasteiger partial charge in [0.1, 0.15) is 0 Å². The van der Waals surface area contributed by atoms with E-state index in [-0.39, 0.29) is 0 Å². The highest BCUT2D eigenvalue weighted by Gasteiger charge is 2.24. The molecule has 1 aromatic rings. The lowest BCUT2D eigenvalue weighted by Gasteiger charge is -2.29. The summed E-state index contributed by atoms with van der Waals surface area (Å²) in [7, 11) is 0. The molecule has 2 nitrogen and oxygen atoms in total. The van der Waals surface area contributed by atoms with Gasteiger partial charge in [0.25, 0.3) is 0 Å². The van der Waals surface area contributed by atoms with Crippen molar-refractivity contribution in [1.29, 1.82) is 0 Å². The zero-order valence-electron chi connectivity index (χ0n) is 11.4. The molecule has 2 aliphatic heterocycles. The molecule has 1 unspecified atom stereocenters. The van der Waals surface area contributed by atoms with Crippen molar-refractivity contribution in [3.8, 4) is 0 Å². The van der Waals surface area contributed by atoms with E-state index in [2.05, 4.69) is 41.0 Å². The molecule has 2 aliphatic rings. The molecule has 0 aromatic heterocycles. The predicted octanol–water partition coefficient (Wildman–Crippen LogP) is 3.10. The summed E-state index contributed by atoms with van der Waals surface area (Å²) in [5.74, 6) is 0.697. The van der Waals surface area contributed by atoms with Gasteiger partial charge in [0.2, 0.25) is 0 Å². The maximum atomic E-state index is 2.63. The van der Waals surface area contributed by atoms with Crippen LogP contribution in [-0.4, -0.2) is 37.6 Å². The lowest BCUT2D eigenvalue weighted by Crippen LogP contribution is -2.37. The summed E-state index contributed by atoms with van der Waals surface area (Å²) in [6.07, 6.45) is 4.22. The van der Waals surface area contributed by atoms with E-state index < -0.39 is 0 Å². The average Bonchev–Trinajstić information content (AvgIpc) is 2.75. The van der Waals surface area contributed by atoms with E-state index in [0.717, 1.165) is 0 Å². The summed E-state index contributed by atoms with van der Waals surface area (Å²) in [4.78, 5) is 5.21. The monoisotopic (exact) mass is 244 g/mol. The van der Waals surface area contributed by atoms with Crippen molar-refractivity contribution in [1.82, 2.24) is 4.90 Å². The smallest absolute Gasteiger partial charge is 0.0402 e. The number of piperidine rings is 1. The Bertz CT molecular complexity index is 396. The highest BCUT2D eigenvalue weighted by Crippen LogP contribution is 2.35. The predicted molar refractivity (Wildman–Crippen MR) is 77.4 cm³/mol. The Morgan fingerprint density at radius 1 is 1.06 bits per heavy atom. The molecule has 0 spiro atoms. The molecule has 2 heterocycles. The molecule has 0 saturated carbocycles. The topological polar surface area (TPSA) is 6.48 Å². The number of nitrogens with zero attached hydrogens (tertiary/aromatic N) is 2. The minimum Gasteiger partial charge on any atom is -0.369 e. The number of likely N-dealkylation sites (tertiary alicyclic amines) is 1. The fourth-order valence-electron chi connectivity index (χ4n) is 3.38. The Kier molecular flexibility index (Phi) is 3.55. The third kappa shape index (κ3) is 2.39. The van der Waals surface area contributed by atoms with Crippen molar-refractivity contribution in [3.63, 3.8) is 0 Å². The van der Waals surface area contributed by atoms with Crippen molar-refractivity contribution in [2.24, 2.45) is 0 Å². The second-order valence-corrected chi connectivity index (χ2v) is 5.81. The van der Waals surface area contributed by atoms with Gasteiger partial charge in [-0.1, -0.05) is 31.5 Å². The average molecular weight is 244 g/mol. The minimum absolute atomic E-state index is 0.697. The lowest BCUT2D eigenvalue weighted by atomic mass is 10.0. The first-order valence-electron chi connectivity index (χ1n) is 7.41. The van der Waals surface area contributed by atoms with Gasteiger partial charge in [-0.2, -0.15) is 0 Å².